The van der Waals surface area contributed by atoms with Crippen LogP contribution in [0.1, 0.15) is 28.4 Å². The van der Waals surface area contributed by atoms with E-state index in [1.165, 1.54) is 19.9 Å². The molecule has 0 aliphatic heterocycles. The normalized spacial score (nSPS) is 13.2. The second-order valence-electron chi connectivity index (χ2n) is 4.09. The van der Waals surface area contributed by atoms with Gasteiger partial charge in [0.15, 0.2) is 0 Å². The zero-order valence-corrected chi connectivity index (χ0v) is 10.4. The fourth-order valence-corrected chi connectivity index (χ4v) is 1.34. The second-order valence-corrected chi connectivity index (χ2v) is 4.09. The molecule has 1 amide bonds. The Morgan fingerprint density at radius 2 is 2.11 bits per heavy atom. The summed E-state index contributed by atoms with van der Waals surface area (Å²) in [6.45, 7) is 2.60. The van der Waals surface area contributed by atoms with Gasteiger partial charge in [-0.1, -0.05) is 11.6 Å². The standard InChI is InChI=1S/C12H14F3NO3/c1-7-3-4-9(10(5-7)12(13,14)15)11(18)16-19-8(2)6-17/h3-5,8,17H,6H2,1-2H3,(H,16,18). The number of aryl methyl sites for hydroxylation is 1. The molecule has 0 aromatic heterocycles. The highest BCUT2D eigenvalue weighted by Gasteiger charge is 2.35. The largest absolute Gasteiger partial charge is 0.417 e. The summed E-state index contributed by atoms with van der Waals surface area (Å²) in [5, 5.41) is 8.68. The summed E-state index contributed by atoms with van der Waals surface area (Å²) in [5.74, 6) is -1.01. The molecule has 0 heterocycles. The van der Waals surface area contributed by atoms with Crippen LogP contribution in [0.15, 0.2) is 18.2 Å². The average molecular weight is 277 g/mol. The summed E-state index contributed by atoms with van der Waals surface area (Å²) in [6, 6.07) is 3.38. The molecule has 0 saturated carbocycles. The van der Waals surface area contributed by atoms with Crippen molar-refractivity contribution in [3.63, 3.8) is 0 Å². The Morgan fingerprint density at radius 3 is 2.63 bits per heavy atom. The van der Waals surface area contributed by atoms with E-state index in [9.17, 15) is 18.0 Å². The van der Waals surface area contributed by atoms with Crippen LogP contribution in [0.5, 0.6) is 0 Å². The first-order valence-electron chi connectivity index (χ1n) is 5.50. The number of carbonyl (C=O) groups is 1. The molecule has 0 saturated heterocycles. The molecule has 0 radical (unpaired) electrons. The van der Waals surface area contributed by atoms with Crippen molar-refractivity contribution < 1.29 is 27.9 Å². The molecule has 19 heavy (non-hydrogen) atoms. The van der Waals surface area contributed by atoms with Crippen LogP contribution in [0.3, 0.4) is 0 Å². The van der Waals surface area contributed by atoms with Gasteiger partial charge in [0.05, 0.1) is 17.7 Å². The Balaban J connectivity index is 2.97. The number of alkyl halides is 3. The maximum Gasteiger partial charge on any atom is 0.417 e. The van der Waals surface area contributed by atoms with E-state index in [1.54, 1.807) is 0 Å². The van der Waals surface area contributed by atoms with Gasteiger partial charge in [-0.15, -0.1) is 0 Å². The van der Waals surface area contributed by atoms with Crippen LogP contribution in [0, 0.1) is 6.92 Å². The van der Waals surface area contributed by atoms with Gasteiger partial charge in [-0.3, -0.25) is 9.63 Å². The number of benzene rings is 1. The van der Waals surface area contributed by atoms with E-state index in [0.29, 0.717) is 5.56 Å². The maximum absolute atomic E-state index is 12.8. The quantitative estimate of drug-likeness (QED) is 0.828. The van der Waals surface area contributed by atoms with Gasteiger partial charge in [0.2, 0.25) is 0 Å². The summed E-state index contributed by atoms with van der Waals surface area (Å²) < 4.78 is 38.4. The molecule has 0 bridgehead atoms. The number of carbonyl (C=O) groups excluding carboxylic acids is 1. The highest BCUT2D eigenvalue weighted by molar-refractivity contribution is 5.95. The second kappa shape index (κ2) is 6.03. The van der Waals surface area contributed by atoms with Crippen molar-refractivity contribution in [2.24, 2.45) is 0 Å². The van der Waals surface area contributed by atoms with E-state index in [1.807, 2.05) is 5.48 Å². The molecule has 1 rings (SSSR count). The summed E-state index contributed by atoms with van der Waals surface area (Å²) in [5.41, 5.74) is 0.732. The van der Waals surface area contributed by atoms with Gasteiger partial charge in [0, 0.05) is 0 Å². The van der Waals surface area contributed by atoms with E-state index in [2.05, 4.69) is 4.84 Å². The van der Waals surface area contributed by atoms with E-state index in [-0.39, 0.29) is 6.61 Å². The molecule has 7 heteroatoms. The summed E-state index contributed by atoms with van der Waals surface area (Å²) in [6.07, 6.45) is -5.33. The Kier molecular flexibility index (Phi) is 4.90. The van der Waals surface area contributed by atoms with E-state index in [4.69, 9.17) is 5.11 Å². The van der Waals surface area contributed by atoms with Crippen molar-refractivity contribution in [2.75, 3.05) is 6.61 Å². The highest BCUT2D eigenvalue weighted by atomic mass is 19.4. The van der Waals surface area contributed by atoms with Crippen LogP contribution in [0.2, 0.25) is 0 Å². The van der Waals surface area contributed by atoms with Crippen molar-refractivity contribution >= 4 is 5.91 Å². The van der Waals surface area contributed by atoms with Gasteiger partial charge in [-0.05, 0) is 26.0 Å². The Bertz CT molecular complexity index is 460. The number of halogens is 3. The molecule has 1 unspecified atom stereocenters. The first-order valence-corrected chi connectivity index (χ1v) is 5.50. The molecule has 0 spiro atoms. The lowest BCUT2D eigenvalue weighted by Crippen LogP contribution is -2.31. The third-order valence-electron chi connectivity index (χ3n) is 2.34. The summed E-state index contributed by atoms with van der Waals surface area (Å²) in [4.78, 5) is 16.3. The van der Waals surface area contributed by atoms with E-state index < -0.39 is 29.3 Å². The Labute approximate surface area is 108 Å². The van der Waals surface area contributed by atoms with Crippen LogP contribution in [0.25, 0.3) is 0 Å². The zero-order chi connectivity index (χ0) is 14.6. The van der Waals surface area contributed by atoms with Crippen molar-refractivity contribution in [3.05, 3.63) is 34.9 Å². The van der Waals surface area contributed by atoms with Crippen molar-refractivity contribution in [1.29, 1.82) is 0 Å². The lowest BCUT2D eigenvalue weighted by molar-refractivity contribution is -0.138. The summed E-state index contributed by atoms with van der Waals surface area (Å²) in [7, 11) is 0. The molecule has 0 fully saturated rings. The maximum atomic E-state index is 12.8. The lowest BCUT2D eigenvalue weighted by Gasteiger charge is -2.15. The Hall–Kier alpha value is -1.60. The number of rotatable bonds is 4. The molecule has 0 aliphatic rings. The zero-order valence-electron chi connectivity index (χ0n) is 10.4. The van der Waals surface area contributed by atoms with Gasteiger partial charge < -0.3 is 5.11 Å². The molecule has 0 aliphatic carbocycles. The molecule has 2 N–H and O–H groups in total. The van der Waals surface area contributed by atoms with Crippen molar-refractivity contribution in [2.45, 2.75) is 26.1 Å². The first kappa shape index (κ1) is 15.5. The van der Waals surface area contributed by atoms with Crippen LogP contribution in [0.4, 0.5) is 13.2 Å². The minimum atomic E-state index is -4.62. The SMILES string of the molecule is Cc1ccc(C(=O)NOC(C)CO)c(C(F)(F)F)c1. The van der Waals surface area contributed by atoms with Crippen molar-refractivity contribution in [1.82, 2.24) is 5.48 Å². The van der Waals surface area contributed by atoms with Crippen LogP contribution in [-0.4, -0.2) is 23.7 Å². The fourth-order valence-electron chi connectivity index (χ4n) is 1.34. The smallest absolute Gasteiger partial charge is 0.394 e. The van der Waals surface area contributed by atoms with Crippen LogP contribution in [-0.2, 0) is 11.0 Å². The molecule has 1 aromatic rings. The topological polar surface area (TPSA) is 58.6 Å². The molecule has 4 nitrogen and oxygen atoms in total. The number of hydroxylamine groups is 1. The van der Waals surface area contributed by atoms with Gasteiger partial charge in [-0.2, -0.15) is 13.2 Å². The first-order chi connectivity index (χ1) is 8.75. The molecular formula is C12H14F3NO3. The lowest BCUT2D eigenvalue weighted by atomic mass is 10.0. The van der Waals surface area contributed by atoms with Crippen LogP contribution < -0.4 is 5.48 Å². The van der Waals surface area contributed by atoms with Gasteiger partial charge >= 0.3 is 6.18 Å². The molecule has 1 aromatic carbocycles. The molecular weight excluding hydrogens is 263 g/mol. The molecule has 1 atom stereocenters. The predicted octanol–water partition coefficient (Wildman–Crippen LogP) is 2.06. The van der Waals surface area contributed by atoms with Crippen molar-refractivity contribution in [3.8, 4) is 0 Å². The van der Waals surface area contributed by atoms with Gasteiger partial charge in [-0.25, -0.2) is 5.48 Å². The summed E-state index contributed by atoms with van der Waals surface area (Å²) >= 11 is 0. The monoisotopic (exact) mass is 277 g/mol. The van der Waals surface area contributed by atoms with Gasteiger partial charge in [0.1, 0.15) is 6.10 Å². The highest BCUT2D eigenvalue weighted by Crippen LogP contribution is 2.32. The minimum Gasteiger partial charge on any atom is -0.394 e. The number of nitrogens with one attached hydrogen (secondary N) is 1. The fraction of sp³-hybridized carbons (Fsp3) is 0.417. The Morgan fingerprint density at radius 1 is 1.47 bits per heavy atom. The number of amides is 1. The number of hydrogen-bond donors (Lipinski definition) is 2. The van der Waals surface area contributed by atoms with Gasteiger partial charge in [0.25, 0.3) is 5.91 Å². The third kappa shape index (κ3) is 4.22. The predicted molar refractivity (Wildman–Crippen MR) is 61.3 cm³/mol. The number of hydrogen-bond acceptors (Lipinski definition) is 3. The average Bonchev–Trinajstić information content (AvgIpc) is 2.34. The number of aliphatic hydroxyl groups excluding tert-OH is 1. The van der Waals surface area contributed by atoms with Crippen LogP contribution >= 0.6 is 0 Å². The third-order valence-corrected chi connectivity index (χ3v) is 2.34. The minimum absolute atomic E-state index is 0.361. The van der Waals surface area contributed by atoms with E-state index in [0.717, 1.165) is 12.1 Å². The number of aliphatic hydroxyl groups is 1. The van der Waals surface area contributed by atoms with E-state index >= 15 is 0 Å². The molecule has 106 valence electrons.